The van der Waals surface area contributed by atoms with Crippen molar-refractivity contribution in [2.45, 2.75) is 38.3 Å². The van der Waals surface area contributed by atoms with E-state index in [9.17, 15) is 22.0 Å². The molecule has 2 atom stereocenters. The van der Waals surface area contributed by atoms with Crippen molar-refractivity contribution in [2.75, 3.05) is 30.3 Å². The highest BCUT2D eigenvalue weighted by atomic mass is 32.2. The van der Waals surface area contributed by atoms with E-state index >= 15 is 8.78 Å². The summed E-state index contributed by atoms with van der Waals surface area (Å²) < 4.78 is 96.8. The minimum absolute atomic E-state index is 0.00746. The molecule has 0 unspecified atom stereocenters. The first-order valence-corrected chi connectivity index (χ1v) is 13.6. The predicted molar refractivity (Wildman–Crippen MR) is 130 cm³/mol. The number of carbonyl (C=O) groups is 1. The van der Waals surface area contributed by atoms with E-state index in [4.69, 9.17) is 9.26 Å². The number of fused-ring (bicyclic) bond motifs is 2. The Morgan fingerprint density at radius 3 is 2.58 bits per heavy atom. The Hall–Kier alpha value is -3.39. The fourth-order valence-electron chi connectivity index (χ4n) is 4.98. The number of benzene rings is 2. The fourth-order valence-corrected chi connectivity index (χ4v) is 5.81. The maximum atomic E-state index is 15.1. The number of sulfonamides is 1. The molecule has 0 bridgehead atoms. The van der Waals surface area contributed by atoms with Gasteiger partial charge in [-0.25, -0.2) is 35.5 Å². The van der Waals surface area contributed by atoms with E-state index in [0.29, 0.717) is 0 Å². The minimum Gasteiger partial charge on any atom is -0.494 e. The van der Waals surface area contributed by atoms with Crippen LogP contribution in [0, 0.1) is 11.6 Å². The van der Waals surface area contributed by atoms with Crippen LogP contribution in [0.3, 0.4) is 0 Å². The molecule has 2 amide bonds. The first kappa shape index (κ1) is 26.2. The molecule has 5 rings (SSSR count). The van der Waals surface area contributed by atoms with Gasteiger partial charge >= 0.3 is 6.03 Å². The van der Waals surface area contributed by atoms with Crippen molar-refractivity contribution in [2.24, 2.45) is 0 Å². The summed E-state index contributed by atoms with van der Waals surface area (Å²) in [5.41, 5.74) is -0.320. The molecule has 0 saturated carbocycles. The second-order valence-electron chi connectivity index (χ2n) is 9.02. The van der Waals surface area contributed by atoms with Crippen LogP contribution in [0.25, 0.3) is 22.1 Å². The van der Waals surface area contributed by atoms with Gasteiger partial charge in [-0.15, -0.1) is 0 Å². The zero-order chi connectivity index (χ0) is 27.4. The monoisotopic (exact) mass is 556 g/mol. The number of carbonyl (C=O) groups excluding carboxylic acids is 1. The number of nitrogens with one attached hydrogen (secondary N) is 1. The average molecular weight is 557 g/mol. The number of amides is 2. The highest BCUT2D eigenvalue weighted by molar-refractivity contribution is 7.89. The van der Waals surface area contributed by atoms with Crippen molar-refractivity contribution in [1.82, 2.24) is 14.8 Å². The van der Waals surface area contributed by atoms with Gasteiger partial charge in [-0.2, -0.15) is 0 Å². The quantitative estimate of drug-likeness (QED) is 0.439. The predicted octanol–water partition coefficient (Wildman–Crippen LogP) is 4.13. The van der Waals surface area contributed by atoms with Gasteiger partial charge in [0.1, 0.15) is 29.5 Å². The number of ether oxygens (including phenoxy) is 1. The van der Waals surface area contributed by atoms with Gasteiger partial charge in [-0.1, -0.05) is 11.2 Å². The molecule has 9 nitrogen and oxygen atoms in total. The molecular weight excluding hydrogens is 532 g/mol. The number of hydrogen-bond acceptors (Lipinski definition) is 6. The average Bonchev–Trinajstić information content (AvgIpc) is 3.38. The Morgan fingerprint density at radius 2 is 1.92 bits per heavy atom. The molecule has 2 fully saturated rings. The van der Waals surface area contributed by atoms with Gasteiger partial charge in [0, 0.05) is 24.7 Å². The lowest BCUT2D eigenvalue weighted by Crippen LogP contribution is -2.56. The molecule has 0 radical (unpaired) electrons. The first-order valence-electron chi connectivity index (χ1n) is 11.9. The smallest absolute Gasteiger partial charge is 0.326 e. The van der Waals surface area contributed by atoms with E-state index < -0.39 is 63.6 Å². The van der Waals surface area contributed by atoms with E-state index in [1.54, 1.807) is 6.92 Å². The van der Waals surface area contributed by atoms with Gasteiger partial charge in [-0.3, -0.25) is 4.90 Å². The van der Waals surface area contributed by atoms with Crippen LogP contribution in [-0.2, 0) is 10.0 Å². The second kappa shape index (κ2) is 9.42. The molecular formula is C24H24F4N4O5S. The van der Waals surface area contributed by atoms with Crippen molar-refractivity contribution in [3.05, 3.63) is 42.0 Å². The van der Waals surface area contributed by atoms with Crippen LogP contribution >= 0.6 is 0 Å². The summed E-state index contributed by atoms with van der Waals surface area (Å²) in [6.45, 7) is 2.52. The van der Waals surface area contributed by atoms with Crippen molar-refractivity contribution in [3.8, 4) is 16.9 Å². The summed E-state index contributed by atoms with van der Waals surface area (Å²) in [7, 11) is -3.97. The largest absolute Gasteiger partial charge is 0.494 e. The summed E-state index contributed by atoms with van der Waals surface area (Å²) in [6.07, 6.45) is -0.210. The highest BCUT2D eigenvalue weighted by Crippen LogP contribution is 2.44. The van der Waals surface area contributed by atoms with Gasteiger partial charge in [0.25, 0.3) is 5.92 Å². The topological polar surface area (TPSA) is 105 Å². The Kier molecular flexibility index (Phi) is 6.50. The van der Waals surface area contributed by atoms with Gasteiger partial charge in [0.2, 0.25) is 10.0 Å². The molecule has 0 spiro atoms. The second-order valence-corrected chi connectivity index (χ2v) is 11.1. The van der Waals surface area contributed by atoms with Gasteiger partial charge in [0.05, 0.1) is 23.3 Å². The molecule has 2 aliphatic heterocycles. The summed E-state index contributed by atoms with van der Waals surface area (Å²) in [4.78, 5) is 15.4. The molecule has 2 saturated heterocycles. The maximum absolute atomic E-state index is 15.1. The molecule has 1 aromatic heterocycles. The number of nitrogens with zero attached hydrogens (tertiary/aromatic N) is 3. The van der Waals surface area contributed by atoms with Crippen molar-refractivity contribution in [1.29, 1.82) is 0 Å². The molecule has 3 heterocycles. The van der Waals surface area contributed by atoms with Crippen molar-refractivity contribution in [3.63, 3.8) is 0 Å². The van der Waals surface area contributed by atoms with Crippen LogP contribution in [0.15, 0.2) is 34.9 Å². The highest BCUT2D eigenvalue weighted by Gasteiger charge is 2.60. The Labute approximate surface area is 215 Å². The number of anilines is 1. The molecule has 204 valence electrons. The number of aromatic nitrogens is 1. The number of urea groups is 1. The van der Waals surface area contributed by atoms with E-state index in [0.717, 1.165) is 21.9 Å². The molecule has 14 heteroatoms. The van der Waals surface area contributed by atoms with Crippen LogP contribution in [0.4, 0.5) is 28.2 Å². The number of rotatable bonds is 7. The summed E-state index contributed by atoms with van der Waals surface area (Å²) >= 11 is 0. The molecule has 1 N–H and O–H groups in total. The summed E-state index contributed by atoms with van der Waals surface area (Å²) in [6, 6.07) is 2.00. The normalized spacial score (nSPS) is 21.3. The Bertz CT molecular complexity index is 1490. The molecule has 2 aromatic carbocycles. The Balaban J connectivity index is 1.58. The van der Waals surface area contributed by atoms with E-state index in [1.165, 1.54) is 25.1 Å². The third-order valence-corrected chi connectivity index (χ3v) is 8.20. The third-order valence-electron chi connectivity index (χ3n) is 6.80. The van der Waals surface area contributed by atoms with Crippen LogP contribution < -0.4 is 14.4 Å². The molecule has 0 aliphatic carbocycles. The van der Waals surface area contributed by atoms with Crippen LogP contribution in [0.2, 0.25) is 0 Å². The van der Waals surface area contributed by atoms with Gasteiger partial charge in [0.15, 0.2) is 11.4 Å². The van der Waals surface area contributed by atoms with Crippen molar-refractivity contribution < 1.29 is 40.0 Å². The number of hydrogen-bond donors (Lipinski definition) is 1. The summed E-state index contributed by atoms with van der Waals surface area (Å²) in [5.74, 6) is -5.51. The minimum atomic E-state index is -3.97. The van der Waals surface area contributed by atoms with Crippen molar-refractivity contribution >= 4 is 32.8 Å². The third kappa shape index (κ3) is 4.25. The number of alkyl halides is 2. The molecule has 38 heavy (non-hydrogen) atoms. The lowest BCUT2D eigenvalue weighted by molar-refractivity contribution is -0.0448. The Morgan fingerprint density at radius 1 is 1.21 bits per heavy atom. The SMILES string of the molecule is CCOc1cc(-c2c(F)cccc2F)c2c(N3CC[C@H]4N(C[C@@H](NS(=O)(=O)CC)C4(F)F)C3=O)noc2c1. The lowest BCUT2D eigenvalue weighted by Gasteiger charge is -2.37. The van der Waals surface area contributed by atoms with Crippen LogP contribution in [0.1, 0.15) is 20.3 Å². The van der Waals surface area contributed by atoms with Crippen LogP contribution in [0.5, 0.6) is 5.75 Å². The molecule has 3 aromatic rings. The van der Waals surface area contributed by atoms with Gasteiger partial charge in [-0.05, 0) is 38.5 Å². The van der Waals surface area contributed by atoms with Crippen LogP contribution in [-0.4, -0.2) is 68.0 Å². The van der Waals surface area contributed by atoms with E-state index in [1.807, 2.05) is 4.72 Å². The standard InChI is InChI=1S/C24H24F4N4O5S/c1-3-36-13-10-14(20-15(25)6-5-7-16(20)26)21-17(11-13)37-29-22(21)31-9-8-19-24(27,28)18(12-32(19)23(31)33)30-38(34,35)4-2/h5-7,10-11,18-19,30H,3-4,8-9,12H2,1-2H3/t18-,19-/m1/s1. The first-order chi connectivity index (χ1) is 18.0. The zero-order valence-corrected chi connectivity index (χ0v) is 21.2. The number of halogens is 4. The van der Waals surface area contributed by atoms with E-state index in [-0.39, 0.29) is 47.7 Å². The van der Waals surface area contributed by atoms with Gasteiger partial charge < -0.3 is 14.2 Å². The lowest BCUT2D eigenvalue weighted by atomic mass is 9.99. The van der Waals surface area contributed by atoms with E-state index in [2.05, 4.69) is 5.16 Å². The maximum Gasteiger partial charge on any atom is 0.326 e. The fraction of sp³-hybridized carbons (Fsp3) is 0.417. The molecule has 2 aliphatic rings. The zero-order valence-electron chi connectivity index (χ0n) is 20.4. The summed E-state index contributed by atoms with van der Waals surface area (Å²) in [5, 5.41) is 4.06.